The Balaban J connectivity index is 2.25. The largest absolute Gasteiger partial charge is 0.462 e. The van der Waals surface area contributed by atoms with Crippen molar-refractivity contribution in [3.05, 3.63) is 76.7 Å². The predicted molar refractivity (Wildman–Crippen MR) is 90.1 cm³/mol. The van der Waals surface area contributed by atoms with Gasteiger partial charge >= 0.3 is 5.97 Å². The fourth-order valence-corrected chi connectivity index (χ4v) is 2.51. The van der Waals surface area contributed by atoms with E-state index in [9.17, 15) is 9.59 Å². The lowest BCUT2D eigenvalue weighted by Crippen LogP contribution is -2.21. The van der Waals surface area contributed by atoms with Crippen molar-refractivity contribution in [2.24, 2.45) is 0 Å². The molecule has 3 rings (SSSR count). The van der Waals surface area contributed by atoms with E-state index in [4.69, 9.17) is 4.74 Å². The topological polar surface area (TPSA) is 48.3 Å². The first-order valence-corrected chi connectivity index (χ1v) is 7.59. The molecule has 0 atom stereocenters. The van der Waals surface area contributed by atoms with E-state index >= 15 is 0 Å². The number of para-hydroxylation sites is 1. The first-order valence-electron chi connectivity index (χ1n) is 7.59. The van der Waals surface area contributed by atoms with Crippen LogP contribution in [0.25, 0.3) is 16.5 Å². The van der Waals surface area contributed by atoms with Crippen LogP contribution in [0.15, 0.2) is 65.6 Å². The van der Waals surface area contributed by atoms with Crippen LogP contribution >= 0.6 is 0 Å². The fourth-order valence-electron chi connectivity index (χ4n) is 2.51. The minimum Gasteiger partial charge on any atom is -0.462 e. The third-order valence-electron chi connectivity index (χ3n) is 3.62. The molecule has 0 spiro atoms. The summed E-state index contributed by atoms with van der Waals surface area (Å²) in [5, 5.41) is 1.12. The Morgan fingerprint density at radius 2 is 1.65 bits per heavy atom. The van der Waals surface area contributed by atoms with Gasteiger partial charge in [0.1, 0.15) is 0 Å². The molecular formula is C19H17NO3. The second-order valence-electron chi connectivity index (χ2n) is 5.23. The van der Waals surface area contributed by atoms with E-state index in [1.165, 1.54) is 4.57 Å². The number of nitrogens with zero attached hydrogens (tertiary/aromatic N) is 1. The van der Waals surface area contributed by atoms with Gasteiger partial charge in [-0.1, -0.05) is 43.3 Å². The maximum absolute atomic E-state index is 12.7. The first-order chi connectivity index (χ1) is 11.2. The van der Waals surface area contributed by atoms with Gasteiger partial charge in [-0.25, -0.2) is 4.79 Å². The third kappa shape index (κ3) is 2.88. The summed E-state index contributed by atoms with van der Waals surface area (Å²) in [5.74, 6) is -0.410. The molecule has 0 bridgehead atoms. The molecule has 2 aromatic carbocycles. The summed E-state index contributed by atoms with van der Waals surface area (Å²) in [6, 6.07) is 16.4. The number of hydrogen-bond donors (Lipinski definition) is 0. The van der Waals surface area contributed by atoms with E-state index in [2.05, 4.69) is 0 Å². The van der Waals surface area contributed by atoms with E-state index < -0.39 is 5.97 Å². The highest BCUT2D eigenvalue weighted by molar-refractivity contribution is 6.04. The average Bonchev–Trinajstić information content (AvgIpc) is 2.61. The second-order valence-corrected chi connectivity index (χ2v) is 5.23. The highest BCUT2D eigenvalue weighted by atomic mass is 16.5. The van der Waals surface area contributed by atoms with Gasteiger partial charge in [-0.15, -0.1) is 0 Å². The Hall–Kier alpha value is -2.88. The van der Waals surface area contributed by atoms with Gasteiger partial charge in [0.05, 0.1) is 12.2 Å². The van der Waals surface area contributed by atoms with Crippen molar-refractivity contribution in [3.8, 4) is 5.69 Å². The van der Waals surface area contributed by atoms with Crippen LogP contribution in [0.1, 0.15) is 23.7 Å². The second kappa shape index (κ2) is 6.48. The molecule has 0 unspecified atom stereocenters. The van der Waals surface area contributed by atoms with Crippen molar-refractivity contribution in [1.82, 2.24) is 4.57 Å². The lowest BCUT2D eigenvalue weighted by Gasteiger charge is -2.12. The monoisotopic (exact) mass is 307 g/mol. The van der Waals surface area contributed by atoms with Crippen LogP contribution in [0.5, 0.6) is 0 Å². The molecule has 0 saturated carbocycles. The zero-order chi connectivity index (χ0) is 16.2. The zero-order valence-corrected chi connectivity index (χ0v) is 12.9. The molecule has 4 nitrogen and oxygen atoms in total. The average molecular weight is 307 g/mol. The molecule has 0 aliphatic heterocycles. The molecule has 1 aromatic heterocycles. The van der Waals surface area contributed by atoms with Gasteiger partial charge in [-0.05, 0) is 24.6 Å². The summed E-state index contributed by atoms with van der Waals surface area (Å²) in [6.07, 6.45) is 2.32. The molecule has 0 radical (unpaired) electrons. The number of aromatic nitrogens is 1. The number of carbonyl (C=O) groups is 1. The van der Waals surface area contributed by atoms with Gasteiger partial charge in [0.15, 0.2) is 0 Å². The van der Waals surface area contributed by atoms with Crippen molar-refractivity contribution in [1.29, 1.82) is 0 Å². The number of benzene rings is 2. The van der Waals surface area contributed by atoms with Crippen LogP contribution in [-0.4, -0.2) is 17.1 Å². The number of hydrogen-bond acceptors (Lipinski definition) is 3. The molecular weight excluding hydrogens is 290 g/mol. The summed E-state index contributed by atoms with van der Waals surface area (Å²) in [6.45, 7) is 2.30. The summed E-state index contributed by atoms with van der Waals surface area (Å²) in [7, 11) is 0. The van der Waals surface area contributed by atoms with Gasteiger partial charge in [-0.3, -0.25) is 9.36 Å². The lowest BCUT2D eigenvalue weighted by atomic mass is 10.1. The first kappa shape index (κ1) is 15.0. The lowest BCUT2D eigenvalue weighted by molar-refractivity contribution is 0.0506. The molecule has 0 saturated heterocycles. The molecule has 1 heterocycles. The number of esters is 1. The van der Waals surface area contributed by atoms with Crippen molar-refractivity contribution in [2.45, 2.75) is 13.3 Å². The van der Waals surface area contributed by atoms with Crippen molar-refractivity contribution in [2.75, 3.05) is 6.61 Å². The molecule has 116 valence electrons. The van der Waals surface area contributed by atoms with Gasteiger partial charge in [0.2, 0.25) is 0 Å². The number of ether oxygens (including phenoxy) is 1. The van der Waals surface area contributed by atoms with Crippen molar-refractivity contribution < 1.29 is 9.53 Å². The van der Waals surface area contributed by atoms with Crippen LogP contribution in [0.4, 0.5) is 0 Å². The number of carbonyl (C=O) groups excluding carboxylic acids is 1. The fraction of sp³-hybridized carbons (Fsp3) is 0.158. The number of pyridine rings is 1. The SMILES string of the molecule is CCCOC(=O)c1cn(-c2ccccc2)c(=O)c2ccccc12. The molecule has 0 N–H and O–H groups in total. The molecule has 3 aromatic rings. The van der Waals surface area contributed by atoms with Crippen LogP contribution in [0.2, 0.25) is 0 Å². The van der Waals surface area contributed by atoms with Gasteiger partial charge < -0.3 is 4.74 Å². The van der Waals surface area contributed by atoms with E-state index in [0.29, 0.717) is 28.6 Å². The predicted octanol–water partition coefficient (Wildman–Crippen LogP) is 3.56. The summed E-state index contributed by atoms with van der Waals surface area (Å²) in [4.78, 5) is 25.1. The van der Waals surface area contributed by atoms with Crippen LogP contribution in [0, 0.1) is 0 Å². The third-order valence-corrected chi connectivity index (χ3v) is 3.62. The van der Waals surface area contributed by atoms with E-state index in [-0.39, 0.29) is 5.56 Å². The van der Waals surface area contributed by atoms with Crippen molar-refractivity contribution in [3.63, 3.8) is 0 Å². The Kier molecular flexibility index (Phi) is 4.24. The van der Waals surface area contributed by atoms with E-state index in [0.717, 1.165) is 6.42 Å². The Labute approximate surface area is 133 Å². The highest BCUT2D eigenvalue weighted by Gasteiger charge is 2.16. The van der Waals surface area contributed by atoms with Crippen LogP contribution in [-0.2, 0) is 4.74 Å². The molecule has 0 aliphatic rings. The Bertz CT molecular complexity index is 897. The van der Waals surface area contributed by atoms with Gasteiger partial charge in [0, 0.05) is 22.7 Å². The normalized spacial score (nSPS) is 10.7. The standard InChI is InChI=1S/C19H17NO3/c1-2-12-23-19(22)17-13-20(14-8-4-3-5-9-14)18(21)16-11-7-6-10-15(16)17/h3-11,13H,2,12H2,1H3. The maximum atomic E-state index is 12.7. The summed E-state index contributed by atoms with van der Waals surface area (Å²) >= 11 is 0. The van der Waals surface area contributed by atoms with E-state index in [1.807, 2.05) is 43.3 Å². The quantitative estimate of drug-likeness (QED) is 0.692. The molecule has 0 aliphatic carbocycles. The zero-order valence-electron chi connectivity index (χ0n) is 12.9. The Morgan fingerprint density at radius 1 is 1.00 bits per heavy atom. The van der Waals surface area contributed by atoms with Gasteiger partial charge in [-0.2, -0.15) is 0 Å². The van der Waals surface area contributed by atoms with Crippen LogP contribution < -0.4 is 5.56 Å². The van der Waals surface area contributed by atoms with E-state index in [1.54, 1.807) is 24.4 Å². The minimum absolute atomic E-state index is 0.154. The maximum Gasteiger partial charge on any atom is 0.340 e. The molecule has 0 fully saturated rings. The molecule has 4 heteroatoms. The minimum atomic E-state index is -0.410. The Morgan fingerprint density at radius 3 is 2.35 bits per heavy atom. The number of fused-ring (bicyclic) bond motifs is 1. The molecule has 0 amide bonds. The molecule has 23 heavy (non-hydrogen) atoms. The summed E-state index contributed by atoms with van der Waals surface area (Å²) in [5.41, 5.74) is 0.962. The van der Waals surface area contributed by atoms with Crippen LogP contribution in [0.3, 0.4) is 0 Å². The summed E-state index contributed by atoms with van der Waals surface area (Å²) < 4.78 is 6.75. The number of rotatable bonds is 4. The van der Waals surface area contributed by atoms with Gasteiger partial charge in [0.25, 0.3) is 5.56 Å². The smallest absolute Gasteiger partial charge is 0.340 e. The van der Waals surface area contributed by atoms with Crippen molar-refractivity contribution >= 4 is 16.7 Å². The highest BCUT2D eigenvalue weighted by Crippen LogP contribution is 2.18.